The predicted octanol–water partition coefficient (Wildman–Crippen LogP) is 4.27. The molecule has 4 rings (SSSR count). The Morgan fingerprint density at radius 3 is 2.81 bits per heavy atom. The Morgan fingerprint density at radius 2 is 2.00 bits per heavy atom. The van der Waals surface area contributed by atoms with Crippen molar-refractivity contribution < 1.29 is 4.79 Å². The summed E-state index contributed by atoms with van der Waals surface area (Å²) in [5, 5.41) is 9.49. The summed E-state index contributed by atoms with van der Waals surface area (Å²) < 4.78 is 0. The van der Waals surface area contributed by atoms with Crippen LogP contribution >= 0.6 is 0 Å². The Kier molecular flexibility index (Phi) is 3.03. The van der Waals surface area contributed by atoms with Gasteiger partial charge < -0.3 is 0 Å². The van der Waals surface area contributed by atoms with Crippen molar-refractivity contribution in [2.75, 3.05) is 0 Å². The molecule has 0 amide bonds. The van der Waals surface area contributed by atoms with E-state index in [1.54, 1.807) is 0 Å². The lowest BCUT2D eigenvalue weighted by Gasteiger charge is -2.53. The van der Waals surface area contributed by atoms with Crippen molar-refractivity contribution in [3.8, 4) is 6.07 Å². The Labute approximate surface area is 127 Å². The maximum Gasteiger partial charge on any atom is 0.155 e. The van der Waals surface area contributed by atoms with Crippen LogP contribution in [0, 0.1) is 46.3 Å². The van der Waals surface area contributed by atoms with Crippen molar-refractivity contribution in [3.63, 3.8) is 0 Å². The van der Waals surface area contributed by atoms with E-state index in [2.05, 4.69) is 13.0 Å². The van der Waals surface area contributed by atoms with Crippen LogP contribution in [0.4, 0.5) is 0 Å². The van der Waals surface area contributed by atoms with Crippen molar-refractivity contribution in [1.82, 2.24) is 0 Å². The topological polar surface area (TPSA) is 40.9 Å². The van der Waals surface area contributed by atoms with E-state index in [4.69, 9.17) is 0 Å². The Morgan fingerprint density at radius 1 is 1.14 bits per heavy atom. The number of nitrogens with zero attached hydrogens (tertiary/aromatic N) is 1. The molecule has 0 N–H and O–H groups in total. The van der Waals surface area contributed by atoms with E-state index in [-0.39, 0.29) is 11.3 Å². The molecule has 0 aliphatic heterocycles. The minimum absolute atomic E-state index is 0.279. The number of nitriles is 1. The molecule has 0 radical (unpaired) electrons. The summed E-state index contributed by atoms with van der Waals surface area (Å²) >= 11 is 0. The zero-order valence-corrected chi connectivity index (χ0v) is 13.0. The molecule has 21 heavy (non-hydrogen) atoms. The van der Waals surface area contributed by atoms with E-state index in [1.807, 2.05) is 6.08 Å². The Balaban J connectivity index is 1.63. The molecule has 2 heteroatoms. The molecule has 0 bridgehead atoms. The number of allylic oxidation sites excluding steroid dienone is 1. The molecule has 0 aromatic carbocycles. The van der Waals surface area contributed by atoms with Gasteiger partial charge in [0, 0.05) is 6.42 Å². The van der Waals surface area contributed by atoms with E-state index in [9.17, 15) is 10.1 Å². The maximum atomic E-state index is 11.7. The van der Waals surface area contributed by atoms with Crippen LogP contribution < -0.4 is 0 Å². The van der Waals surface area contributed by atoms with Crippen LogP contribution in [0.1, 0.15) is 58.3 Å². The zero-order chi connectivity index (χ0) is 14.6. The van der Waals surface area contributed by atoms with Gasteiger partial charge in [-0.3, -0.25) is 4.79 Å². The van der Waals surface area contributed by atoms with Crippen LogP contribution in [0.5, 0.6) is 0 Å². The Bertz CT molecular complexity index is 542. The molecule has 4 aliphatic carbocycles. The van der Waals surface area contributed by atoms with Gasteiger partial charge in [-0.25, -0.2) is 0 Å². The summed E-state index contributed by atoms with van der Waals surface area (Å²) in [6, 6.07) is 2.61. The smallest absolute Gasteiger partial charge is 0.155 e. The van der Waals surface area contributed by atoms with Gasteiger partial charge in [-0.2, -0.15) is 5.26 Å². The van der Waals surface area contributed by atoms with Crippen molar-refractivity contribution in [3.05, 3.63) is 11.6 Å². The minimum Gasteiger partial charge on any atom is -0.295 e. The van der Waals surface area contributed by atoms with Gasteiger partial charge in [-0.1, -0.05) is 12.5 Å². The first-order chi connectivity index (χ1) is 10.1. The predicted molar refractivity (Wildman–Crippen MR) is 81.2 cm³/mol. The number of rotatable bonds is 0. The molecular formula is C19H25NO. The standard InChI is InChI=1S/C19H25NO/c1-19-9-8-16-15-6-4-14(21)10-12(15)2-5-17(16)18(19)7-3-13(19)11-20/h10,13,15-18H,2-9H2,1H3/t13?,15-,16+,17+,18-,19+/m0/s1. The summed E-state index contributed by atoms with van der Waals surface area (Å²) in [6.07, 6.45) is 11.1. The molecule has 0 aromatic rings. The number of carbonyl (C=O) groups is 1. The number of fused-ring (bicyclic) bond motifs is 5. The summed E-state index contributed by atoms with van der Waals surface area (Å²) in [5.74, 6) is 3.71. The molecule has 6 atom stereocenters. The van der Waals surface area contributed by atoms with E-state index >= 15 is 0 Å². The van der Waals surface area contributed by atoms with Crippen LogP contribution in [0.25, 0.3) is 0 Å². The van der Waals surface area contributed by atoms with E-state index in [1.165, 1.54) is 31.3 Å². The molecular weight excluding hydrogens is 258 g/mol. The minimum atomic E-state index is 0.279. The Hall–Kier alpha value is -1.10. The molecule has 2 nitrogen and oxygen atoms in total. The average molecular weight is 283 g/mol. The third kappa shape index (κ3) is 1.86. The zero-order valence-electron chi connectivity index (χ0n) is 13.0. The molecule has 1 unspecified atom stereocenters. The monoisotopic (exact) mass is 283 g/mol. The second kappa shape index (κ2) is 4.70. The van der Waals surface area contributed by atoms with Crippen LogP contribution in [0.2, 0.25) is 0 Å². The van der Waals surface area contributed by atoms with Crippen molar-refractivity contribution in [1.29, 1.82) is 5.26 Å². The third-order valence-corrected chi connectivity index (χ3v) is 7.46. The van der Waals surface area contributed by atoms with Gasteiger partial charge in [0.25, 0.3) is 0 Å². The summed E-state index contributed by atoms with van der Waals surface area (Å²) in [5.41, 5.74) is 1.74. The number of ketones is 1. The SMILES string of the molecule is C[C@]12CC[C@H]3[C@@H](CCC4=CC(=O)CC[C@@H]43)[C@@H]1CCC2C#N. The molecule has 0 heterocycles. The van der Waals surface area contributed by atoms with Gasteiger partial charge in [0.15, 0.2) is 5.78 Å². The van der Waals surface area contributed by atoms with Crippen LogP contribution in [-0.4, -0.2) is 5.78 Å². The van der Waals surface area contributed by atoms with Crippen molar-refractivity contribution in [2.24, 2.45) is 35.0 Å². The summed E-state index contributed by atoms with van der Waals surface area (Å²) in [7, 11) is 0. The highest BCUT2D eigenvalue weighted by atomic mass is 16.1. The quantitative estimate of drug-likeness (QED) is 0.666. The highest BCUT2D eigenvalue weighted by Gasteiger charge is 2.56. The first-order valence-corrected chi connectivity index (χ1v) is 8.76. The number of carbonyl (C=O) groups excluding carboxylic acids is 1. The number of hydrogen-bond acceptors (Lipinski definition) is 2. The normalized spacial score (nSPS) is 48.7. The summed E-state index contributed by atoms with van der Waals surface area (Å²) in [4.78, 5) is 11.7. The van der Waals surface area contributed by atoms with Crippen molar-refractivity contribution in [2.45, 2.75) is 58.3 Å². The second-order valence-electron chi connectivity index (χ2n) is 8.11. The number of hydrogen-bond donors (Lipinski definition) is 0. The lowest BCUT2D eigenvalue weighted by atomic mass is 9.51. The van der Waals surface area contributed by atoms with Crippen LogP contribution in [0.3, 0.4) is 0 Å². The van der Waals surface area contributed by atoms with E-state index in [0.29, 0.717) is 11.7 Å². The summed E-state index contributed by atoms with van der Waals surface area (Å²) in [6.45, 7) is 2.39. The largest absolute Gasteiger partial charge is 0.295 e. The molecule has 0 saturated heterocycles. The lowest BCUT2D eigenvalue weighted by molar-refractivity contribution is -0.116. The van der Waals surface area contributed by atoms with E-state index in [0.717, 1.165) is 43.4 Å². The van der Waals surface area contributed by atoms with Gasteiger partial charge in [0.2, 0.25) is 0 Å². The fourth-order valence-corrected chi connectivity index (χ4v) is 6.39. The molecule has 4 aliphatic rings. The van der Waals surface area contributed by atoms with Crippen molar-refractivity contribution >= 4 is 5.78 Å². The maximum absolute atomic E-state index is 11.7. The van der Waals surface area contributed by atoms with Gasteiger partial charge in [0.05, 0.1) is 12.0 Å². The first kappa shape index (κ1) is 13.6. The van der Waals surface area contributed by atoms with Crippen LogP contribution in [0.15, 0.2) is 11.6 Å². The van der Waals surface area contributed by atoms with Gasteiger partial charge in [0.1, 0.15) is 0 Å². The molecule has 0 aromatic heterocycles. The fourth-order valence-electron chi connectivity index (χ4n) is 6.39. The lowest BCUT2D eigenvalue weighted by Crippen LogP contribution is -2.46. The first-order valence-electron chi connectivity index (χ1n) is 8.76. The highest BCUT2D eigenvalue weighted by molar-refractivity contribution is 5.91. The van der Waals surface area contributed by atoms with Gasteiger partial charge in [-0.05, 0) is 80.1 Å². The second-order valence-corrected chi connectivity index (χ2v) is 8.11. The molecule has 3 saturated carbocycles. The van der Waals surface area contributed by atoms with Crippen LogP contribution in [-0.2, 0) is 4.79 Å². The average Bonchev–Trinajstić information content (AvgIpc) is 2.83. The van der Waals surface area contributed by atoms with Gasteiger partial charge in [-0.15, -0.1) is 0 Å². The fraction of sp³-hybridized carbons (Fsp3) is 0.789. The molecule has 0 spiro atoms. The molecule has 3 fully saturated rings. The molecule has 112 valence electrons. The third-order valence-electron chi connectivity index (χ3n) is 7.46. The van der Waals surface area contributed by atoms with Gasteiger partial charge >= 0.3 is 0 Å². The highest BCUT2D eigenvalue weighted by Crippen LogP contribution is 2.63. The van der Waals surface area contributed by atoms with E-state index < -0.39 is 0 Å².